The molecule has 0 aromatic carbocycles. The number of hydrogen-bond donors (Lipinski definition) is 0. The van der Waals surface area contributed by atoms with E-state index in [0.717, 1.165) is 0 Å². The van der Waals surface area contributed by atoms with Crippen molar-refractivity contribution >= 4 is 18.9 Å². The molecule has 0 aliphatic carbocycles. The van der Waals surface area contributed by atoms with Gasteiger partial charge in [0.1, 0.15) is 0 Å². The van der Waals surface area contributed by atoms with Crippen LogP contribution in [0.15, 0.2) is 0 Å². The second kappa shape index (κ2) is 23.6. The van der Waals surface area contributed by atoms with E-state index in [1.54, 1.807) is 0 Å². The van der Waals surface area contributed by atoms with Crippen molar-refractivity contribution in [3.63, 3.8) is 0 Å². The summed E-state index contributed by atoms with van der Waals surface area (Å²) in [6.07, 6.45) is 0. The van der Waals surface area contributed by atoms with E-state index in [-0.39, 0.29) is 57.9 Å². The molecule has 0 aromatic rings. The molecule has 0 saturated heterocycles. The van der Waals surface area contributed by atoms with E-state index in [2.05, 4.69) is 0 Å². The Labute approximate surface area is 57.8 Å². The zero-order chi connectivity index (χ0) is 0. The minimum atomic E-state index is 0. The fourth-order valence-electron chi connectivity index (χ4n) is 0. The molecule has 0 saturated carbocycles. The molecule has 24 valence electrons. The minimum absolute atomic E-state index is 0. The molecule has 1 nitrogen and oxygen atoms in total. The van der Waals surface area contributed by atoms with E-state index in [9.17, 15) is 0 Å². The first-order valence-electron chi connectivity index (χ1n) is 0. The summed E-state index contributed by atoms with van der Waals surface area (Å²) >= 11 is 0. The van der Waals surface area contributed by atoms with Gasteiger partial charge in [-0.15, -0.1) is 0 Å². The Balaban J connectivity index is 0. The van der Waals surface area contributed by atoms with Gasteiger partial charge in [0.25, 0.3) is 0 Å². The third-order valence-electron chi connectivity index (χ3n) is 0. The molecule has 0 atom stereocenters. The topological polar surface area (TPSA) is 28.5 Å². The Morgan fingerprint density at radius 1 is 1.00 bits per heavy atom. The summed E-state index contributed by atoms with van der Waals surface area (Å²) in [5.41, 5.74) is 0. The van der Waals surface area contributed by atoms with E-state index in [1.807, 2.05) is 0 Å². The van der Waals surface area contributed by atoms with E-state index in [1.165, 1.54) is 0 Å². The first kappa shape index (κ1) is 47.2. The Morgan fingerprint density at radius 2 is 1.00 bits per heavy atom. The van der Waals surface area contributed by atoms with Crippen LogP contribution in [-0.4, -0.2) is 18.9 Å². The molecular weight excluding hydrogens is 137 g/mol. The summed E-state index contributed by atoms with van der Waals surface area (Å²) in [6, 6.07) is 0. The maximum atomic E-state index is 0. The first-order chi connectivity index (χ1) is 0. The molecule has 0 aliphatic rings. The van der Waals surface area contributed by atoms with Crippen LogP contribution in [0.2, 0.25) is 0 Å². The van der Waals surface area contributed by atoms with Gasteiger partial charge < -0.3 is 0 Å². The summed E-state index contributed by atoms with van der Waals surface area (Å²) in [5, 5.41) is 0. The SMILES string of the molecule is [Li].[Mn].[Ni].[O]. The minimum Gasteiger partial charge on any atom is 0 e. The van der Waals surface area contributed by atoms with Crippen molar-refractivity contribution < 1.29 is 39.0 Å². The van der Waals surface area contributed by atoms with Crippen molar-refractivity contribution in [2.45, 2.75) is 0 Å². The summed E-state index contributed by atoms with van der Waals surface area (Å²) in [4.78, 5) is 0. The third-order valence-corrected chi connectivity index (χ3v) is 0. The summed E-state index contributed by atoms with van der Waals surface area (Å²) in [7, 11) is 0. The zero-order valence-electron chi connectivity index (χ0n) is 2.10. The van der Waals surface area contributed by atoms with Gasteiger partial charge in [-0.05, 0) is 0 Å². The zero-order valence-corrected chi connectivity index (χ0v) is 4.27. The van der Waals surface area contributed by atoms with E-state index >= 15 is 0 Å². The predicted molar refractivity (Wildman–Crippen MR) is 6.44 cm³/mol. The van der Waals surface area contributed by atoms with Crippen molar-refractivity contribution in [3.8, 4) is 0 Å². The second-order valence-electron chi connectivity index (χ2n) is 0. The molecule has 0 aliphatic heterocycles. The number of rotatable bonds is 0. The quantitative estimate of drug-likeness (QED) is 0.402. The fraction of sp³-hybridized carbons (Fsp3) is 0. The first-order valence-corrected chi connectivity index (χ1v) is 0. The van der Waals surface area contributed by atoms with Crippen molar-refractivity contribution in [3.05, 3.63) is 0 Å². The van der Waals surface area contributed by atoms with Crippen LogP contribution in [0.4, 0.5) is 0 Å². The molecule has 0 unspecified atom stereocenters. The summed E-state index contributed by atoms with van der Waals surface area (Å²) < 4.78 is 0. The van der Waals surface area contributed by atoms with Crippen LogP contribution in [0, 0.1) is 0 Å². The van der Waals surface area contributed by atoms with E-state index < -0.39 is 0 Å². The molecule has 4 heteroatoms. The van der Waals surface area contributed by atoms with Gasteiger partial charge in [-0.25, -0.2) is 0 Å². The molecule has 4 heavy (non-hydrogen) atoms. The van der Waals surface area contributed by atoms with Crippen LogP contribution in [0.5, 0.6) is 0 Å². The molecule has 0 fully saturated rings. The van der Waals surface area contributed by atoms with Gasteiger partial charge in [-0.2, -0.15) is 0 Å². The normalized spacial score (nSPS) is 0. The standard InChI is InChI=1S/Li.Mn.Ni.O. The van der Waals surface area contributed by atoms with Gasteiger partial charge in [0, 0.05) is 57.9 Å². The maximum absolute atomic E-state index is 0. The molecule has 0 rings (SSSR count). The van der Waals surface area contributed by atoms with Crippen LogP contribution in [0.3, 0.4) is 0 Å². The largest absolute Gasteiger partial charge is 0 e. The molecular formula is LiMnNiO. The fourth-order valence-corrected chi connectivity index (χ4v) is 0. The van der Waals surface area contributed by atoms with Gasteiger partial charge in [-0.3, -0.25) is 0 Å². The Bertz CT molecular complexity index is 8.00. The van der Waals surface area contributed by atoms with Gasteiger partial charge in [0.15, 0.2) is 0 Å². The molecule has 0 heterocycles. The van der Waals surface area contributed by atoms with Crippen molar-refractivity contribution in [2.75, 3.05) is 0 Å². The monoisotopic (exact) mass is 136 g/mol. The van der Waals surface area contributed by atoms with E-state index in [0.29, 0.717) is 0 Å². The van der Waals surface area contributed by atoms with Gasteiger partial charge in [0.2, 0.25) is 0 Å². The Kier molecular flexibility index (Phi) is 279. The van der Waals surface area contributed by atoms with Crippen LogP contribution < -0.4 is 0 Å². The molecule has 4 radical (unpaired) electrons. The predicted octanol–water partition coefficient (Wildman–Crippen LogP) is -0.505. The Morgan fingerprint density at radius 3 is 1.00 bits per heavy atom. The van der Waals surface area contributed by atoms with Crippen molar-refractivity contribution in [1.82, 2.24) is 0 Å². The van der Waals surface area contributed by atoms with Gasteiger partial charge >= 0.3 is 0 Å². The molecule has 0 aromatic heterocycles. The van der Waals surface area contributed by atoms with Crippen LogP contribution >= 0.6 is 0 Å². The molecule has 0 spiro atoms. The maximum Gasteiger partial charge on any atom is 0 e. The smallest absolute Gasteiger partial charge is 0 e. The number of hydrogen-bond acceptors (Lipinski definition) is 0. The van der Waals surface area contributed by atoms with Crippen LogP contribution in [0.25, 0.3) is 0 Å². The average Bonchev–Trinajstić information content (AvgIpc) is 0. The molecule has 0 N–H and O–H groups in total. The molecule has 0 amide bonds. The summed E-state index contributed by atoms with van der Waals surface area (Å²) in [6.45, 7) is 0. The van der Waals surface area contributed by atoms with Gasteiger partial charge in [-0.1, -0.05) is 0 Å². The van der Waals surface area contributed by atoms with Crippen LogP contribution in [0.1, 0.15) is 0 Å². The Hall–Kier alpha value is 1.57. The molecule has 0 bridgehead atoms. The average molecular weight is 137 g/mol. The van der Waals surface area contributed by atoms with Gasteiger partial charge in [0.05, 0.1) is 0 Å². The summed E-state index contributed by atoms with van der Waals surface area (Å²) in [5.74, 6) is 0. The van der Waals surface area contributed by atoms with E-state index in [4.69, 9.17) is 0 Å². The van der Waals surface area contributed by atoms with Crippen molar-refractivity contribution in [2.24, 2.45) is 0 Å². The second-order valence-corrected chi connectivity index (χ2v) is 0. The van der Waals surface area contributed by atoms with Crippen LogP contribution in [-0.2, 0) is 39.0 Å². The third kappa shape index (κ3) is 9.57. The van der Waals surface area contributed by atoms with Crippen molar-refractivity contribution in [1.29, 1.82) is 0 Å².